The molecule has 0 aliphatic carbocycles. The van der Waals surface area contributed by atoms with Gasteiger partial charge in [-0.05, 0) is 25.7 Å². The molecule has 0 aliphatic rings. The number of aliphatic hydroxyl groups is 1. The highest BCUT2D eigenvalue weighted by Crippen LogP contribution is 2.19. The van der Waals surface area contributed by atoms with Crippen molar-refractivity contribution in [1.29, 1.82) is 0 Å². The van der Waals surface area contributed by atoms with Crippen LogP contribution in [0.5, 0.6) is 0 Å². The molecule has 0 rings (SSSR count). The highest BCUT2D eigenvalue weighted by Gasteiger charge is 2.26. The van der Waals surface area contributed by atoms with E-state index < -0.39 is 30.6 Å². The third-order valence-electron chi connectivity index (χ3n) is 2.86. The molecule has 0 heterocycles. The van der Waals surface area contributed by atoms with E-state index in [9.17, 15) is 9.90 Å². The summed E-state index contributed by atoms with van der Waals surface area (Å²) in [5.74, 6) is -0.437. The van der Waals surface area contributed by atoms with Crippen LogP contribution in [-0.2, 0) is 19.0 Å². The zero-order valence-corrected chi connectivity index (χ0v) is 14.3. The van der Waals surface area contributed by atoms with Crippen molar-refractivity contribution < 1.29 is 24.1 Å². The number of methoxy groups -OCH3 is 1. The molecule has 0 saturated carbocycles. The smallest absolute Gasteiger partial charge is 0.335 e. The number of hydrogen-bond acceptors (Lipinski definition) is 5. The van der Waals surface area contributed by atoms with E-state index in [1.807, 2.05) is 19.1 Å². The van der Waals surface area contributed by atoms with Gasteiger partial charge in [0.2, 0.25) is 0 Å². The summed E-state index contributed by atoms with van der Waals surface area (Å²) in [5.41, 5.74) is -0.0254. The van der Waals surface area contributed by atoms with Crippen molar-refractivity contribution in [3.8, 4) is 0 Å². The fourth-order valence-corrected chi connectivity index (χ4v) is 1.59. The minimum Gasteiger partial charge on any atom is -0.457 e. The lowest BCUT2D eigenvalue weighted by atomic mass is 9.95. The second-order valence-corrected chi connectivity index (χ2v) is 6.19. The molecule has 4 atom stereocenters. The first kappa shape index (κ1) is 20.1. The van der Waals surface area contributed by atoms with Crippen molar-refractivity contribution in [2.75, 3.05) is 7.11 Å². The summed E-state index contributed by atoms with van der Waals surface area (Å²) >= 11 is 0. The Morgan fingerprint density at radius 1 is 1.29 bits per heavy atom. The summed E-state index contributed by atoms with van der Waals surface area (Å²) in [6, 6.07) is 0. The topological polar surface area (TPSA) is 65.0 Å². The van der Waals surface area contributed by atoms with Crippen molar-refractivity contribution >= 4 is 5.97 Å². The number of hydrogen-bond donors (Lipinski definition) is 1. The van der Waals surface area contributed by atoms with Crippen LogP contribution in [-0.4, -0.2) is 42.8 Å². The Bertz CT molecular complexity index is 330. The Hall–Kier alpha value is -0.910. The lowest BCUT2D eigenvalue weighted by molar-refractivity contribution is -0.179. The van der Waals surface area contributed by atoms with E-state index in [0.717, 1.165) is 0 Å². The van der Waals surface area contributed by atoms with Crippen LogP contribution < -0.4 is 0 Å². The number of ether oxygens (including phenoxy) is 3. The largest absolute Gasteiger partial charge is 0.457 e. The fourth-order valence-electron chi connectivity index (χ4n) is 1.59. The molecule has 0 saturated heterocycles. The molecule has 0 fully saturated rings. The standard InChI is InChI=1S/C16H30O5/c1-8-13(21-15(18)11(2)19-7)14(20-12(3)17)9-10-16(4,5)6/h9-14,17H,8H2,1-7H3/b10-9+/t11-,12?,13?,14?/m1/s1. The van der Waals surface area contributed by atoms with Gasteiger partial charge in [-0.15, -0.1) is 0 Å². The van der Waals surface area contributed by atoms with Crippen LogP contribution in [0.25, 0.3) is 0 Å². The molecule has 0 aromatic heterocycles. The van der Waals surface area contributed by atoms with Crippen molar-refractivity contribution in [2.24, 2.45) is 5.41 Å². The number of carbonyl (C=O) groups is 1. The molecule has 3 unspecified atom stereocenters. The van der Waals surface area contributed by atoms with Gasteiger partial charge in [0.1, 0.15) is 12.2 Å². The van der Waals surface area contributed by atoms with E-state index >= 15 is 0 Å². The predicted octanol–water partition coefficient (Wildman–Crippen LogP) is 2.67. The van der Waals surface area contributed by atoms with Gasteiger partial charge in [-0.2, -0.15) is 0 Å². The SMILES string of the molecule is CCC(OC(=O)[C@@H](C)OC)C(/C=C/C(C)(C)C)OC(C)O. The second kappa shape index (κ2) is 9.18. The van der Waals surface area contributed by atoms with Gasteiger partial charge in [0, 0.05) is 7.11 Å². The first-order valence-electron chi connectivity index (χ1n) is 7.36. The van der Waals surface area contributed by atoms with Gasteiger partial charge >= 0.3 is 5.97 Å². The Kier molecular flexibility index (Phi) is 8.78. The van der Waals surface area contributed by atoms with Crippen molar-refractivity contribution in [3.63, 3.8) is 0 Å². The number of rotatable bonds is 8. The van der Waals surface area contributed by atoms with Crippen molar-refractivity contribution in [3.05, 3.63) is 12.2 Å². The minimum absolute atomic E-state index is 0.0254. The van der Waals surface area contributed by atoms with E-state index in [0.29, 0.717) is 6.42 Å². The molecule has 21 heavy (non-hydrogen) atoms. The third kappa shape index (κ3) is 8.86. The number of esters is 1. The normalized spacial score (nSPS) is 18.3. The van der Waals surface area contributed by atoms with Crippen LogP contribution in [0.4, 0.5) is 0 Å². The Morgan fingerprint density at radius 2 is 1.86 bits per heavy atom. The lowest BCUT2D eigenvalue weighted by Gasteiger charge is -2.27. The van der Waals surface area contributed by atoms with Gasteiger partial charge in [-0.3, -0.25) is 0 Å². The average molecular weight is 302 g/mol. The molecule has 1 N–H and O–H groups in total. The molecule has 0 bridgehead atoms. The monoisotopic (exact) mass is 302 g/mol. The second-order valence-electron chi connectivity index (χ2n) is 6.19. The van der Waals surface area contributed by atoms with E-state index in [1.54, 1.807) is 6.92 Å². The maximum absolute atomic E-state index is 11.8. The van der Waals surface area contributed by atoms with Gasteiger partial charge in [-0.1, -0.05) is 39.8 Å². The van der Waals surface area contributed by atoms with Gasteiger partial charge in [0.05, 0.1) is 0 Å². The van der Waals surface area contributed by atoms with Crippen LogP contribution in [0.1, 0.15) is 48.0 Å². The highest BCUT2D eigenvalue weighted by atomic mass is 16.6. The number of aliphatic hydroxyl groups excluding tert-OH is 1. The van der Waals surface area contributed by atoms with Gasteiger partial charge in [-0.25, -0.2) is 4.79 Å². The van der Waals surface area contributed by atoms with Gasteiger partial charge in [0.25, 0.3) is 0 Å². The fraction of sp³-hybridized carbons (Fsp3) is 0.812. The molecule has 5 nitrogen and oxygen atoms in total. The molecule has 0 aromatic rings. The Balaban J connectivity index is 4.99. The summed E-state index contributed by atoms with van der Waals surface area (Å²) in [6.07, 6.45) is 1.87. The van der Waals surface area contributed by atoms with Gasteiger partial charge < -0.3 is 19.3 Å². The van der Waals surface area contributed by atoms with E-state index in [2.05, 4.69) is 20.8 Å². The first-order valence-corrected chi connectivity index (χ1v) is 7.36. The maximum Gasteiger partial charge on any atom is 0.335 e. The van der Waals surface area contributed by atoms with E-state index in [-0.39, 0.29) is 5.41 Å². The average Bonchev–Trinajstić information content (AvgIpc) is 2.38. The zero-order valence-electron chi connectivity index (χ0n) is 14.3. The summed E-state index contributed by atoms with van der Waals surface area (Å²) in [4.78, 5) is 11.8. The van der Waals surface area contributed by atoms with Gasteiger partial charge in [0.15, 0.2) is 12.4 Å². The third-order valence-corrected chi connectivity index (χ3v) is 2.86. The molecule has 124 valence electrons. The summed E-state index contributed by atoms with van der Waals surface area (Å²) in [6.45, 7) is 11.2. The first-order chi connectivity index (χ1) is 9.60. The maximum atomic E-state index is 11.8. The van der Waals surface area contributed by atoms with Crippen molar-refractivity contribution in [2.45, 2.75) is 72.6 Å². The van der Waals surface area contributed by atoms with Crippen LogP contribution in [0.3, 0.4) is 0 Å². The molecule has 0 spiro atoms. The number of allylic oxidation sites excluding steroid dienone is 1. The molecule has 0 aliphatic heterocycles. The Morgan fingerprint density at radius 3 is 2.24 bits per heavy atom. The molecular formula is C16H30O5. The van der Waals surface area contributed by atoms with Crippen LogP contribution in [0.15, 0.2) is 12.2 Å². The van der Waals surface area contributed by atoms with E-state index in [1.165, 1.54) is 14.0 Å². The summed E-state index contributed by atoms with van der Waals surface area (Å²) < 4.78 is 15.8. The molecule has 0 amide bonds. The van der Waals surface area contributed by atoms with E-state index in [4.69, 9.17) is 14.2 Å². The molecule has 0 radical (unpaired) electrons. The molecule has 5 heteroatoms. The molecular weight excluding hydrogens is 272 g/mol. The predicted molar refractivity (Wildman–Crippen MR) is 81.8 cm³/mol. The van der Waals surface area contributed by atoms with Crippen LogP contribution in [0.2, 0.25) is 0 Å². The lowest BCUT2D eigenvalue weighted by Crippen LogP contribution is -2.37. The Labute approximate surface area is 128 Å². The summed E-state index contributed by atoms with van der Waals surface area (Å²) in [7, 11) is 1.45. The highest BCUT2D eigenvalue weighted by molar-refractivity contribution is 5.74. The van der Waals surface area contributed by atoms with Crippen molar-refractivity contribution in [1.82, 2.24) is 0 Å². The number of carbonyl (C=O) groups excluding carboxylic acids is 1. The zero-order chi connectivity index (χ0) is 16.6. The summed E-state index contributed by atoms with van der Waals surface area (Å²) in [5, 5.41) is 9.46. The minimum atomic E-state index is -0.938. The van der Waals surface area contributed by atoms with Crippen LogP contribution in [0, 0.1) is 5.41 Å². The quantitative estimate of drug-likeness (QED) is 0.424. The van der Waals surface area contributed by atoms with Crippen LogP contribution >= 0.6 is 0 Å². The molecule has 0 aromatic carbocycles.